The summed E-state index contributed by atoms with van der Waals surface area (Å²) in [6, 6.07) is 10.3. The summed E-state index contributed by atoms with van der Waals surface area (Å²) in [5.41, 5.74) is -1.11. The van der Waals surface area contributed by atoms with Crippen LogP contribution in [-0.4, -0.2) is 13.4 Å². The highest BCUT2D eigenvalue weighted by Crippen LogP contribution is 2.34. The smallest absolute Gasteiger partial charge is 0.263 e. The molecule has 3 aromatic rings. The van der Waals surface area contributed by atoms with Crippen LogP contribution in [0.25, 0.3) is 10.9 Å². The van der Waals surface area contributed by atoms with E-state index in [1.165, 1.54) is 30.3 Å². The molecule has 0 unspecified atom stereocenters. The van der Waals surface area contributed by atoms with Gasteiger partial charge in [-0.2, -0.15) is 13.2 Å². The molecular formula is C16H10F4N2O2S. The number of rotatable bonds is 3. The molecule has 1 aromatic heterocycles. The van der Waals surface area contributed by atoms with E-state index in [9.17, 15) is 26.0 Å². The molecule has 0 radical (unpaired) electrons. The Balaban J connectivity index is 2.03. The Bertz CT molecular complexity index is 1050. The molecule has 1 heterocycles. The van der Waals surface area contributed by atoms with Crippen LogP contribution in [0, 0.1) is 5.82 Å². The van der Waals surface area contributed by atoms with E-state index in [0.29, 0.717) is 11.5 Å². The lowest BCUT2D eigenvalue weighted by molar-refractivity contribution is -0.139. The lowest BCUT2D eigenvalue weighted by atomic mass is 10.2. The van der Waals surface area contributed by atoms with Gasteiger partial charge in [-0.05, 0) is 36.4 Å². The van der Waals surface area contributed by atoms with Crippen LogP contribution in [0.4, 0.5) is 23.4 Å². The molecule has 0 atom stereocenters. The fourth-order valence-corrected chi connectivity index (χ4v) is 3.50. The zero-order valence-electron chi connectivity index (χ0n) is 12.4. The van der Waals surface area contributed by atoms with E-state index in [1.807, 2.05) is 4.72 Å². The van der Waals surface area contributed by atoms with Crippen LogP contribution < -0.4 is 4.72 Å². The number of anilines is 1. The second-order valence-corrected chi connectivity index (χ2v) is 6.78. The van der Waals surface area contributed by atoms with Crippen LogP contribution in [0.5, 0.6) is 0 Å². The summed E-state index contributed by atoms with van der Waals surface area (Å²) in [5.74, 6) is -0.780. The third-order valence-electron chi connectivity index (χ3n) is 3.38. The molecule has 2 aromatic carbocycles. The number of nitrogens with zero attached hydrogens (tertiary/aromatic N) is 1. The molecule has 0 bridgehead atoms. The third kappa shape index (κ3) is 3.55. The Morgan fingerprint density at radius 3 is 2.36 bits per heavy atom. The van der Waals surface area contributed by atoms with E-state index in [-0.39, 0.29) is 11.3 Å². The van der Waals surface area contributed by atoms with Crippen molar-refractivity contribution >= 4 is 26.7 Å². The predicted octanol–water partition coefficient (Wildman–Crippen LogP) is 4.19. The molecule has 0 saturated heterocycles. The fourth-order valence-electron chi connectivity index (χ4n) is 2.27. The van der Waals surface area contributed by atoms with Gasteiger partial charge in [-0.3, -0.25) is 4.72 Å². The van der Waals surface area contributed by atoms with E-state index < -0.39 is 32.5 Å². The quantitative estimate of drug-likeness (QED) is 0.703. The summed E-state index contributed by atoms with van der Waals surface area (Å²) in [7, 11) is -4.53. The highest BCUT2D eigenvalue weighted by molar-refractivity contribution is 7.92. The molecule has 0 aliphatic carbocycles. The van der Waals surface area contributed by atoms with Gasteiger partial charge in [0.05, 0.1) is 16.0 Å². The summed E-state index contributed by atoms with van der Waals surface area (Å²) >= 11 is 0. The minimum atomic E-state index is -4.83. The second-order valence-electron chi connectivity index (χ2n) is 5.13. The number of alkyl halides is 3. The Labute approximate surface area is 140 Å². The van der Waals surface area contributed by atoms with Gasteiger partial charge in [0.1, 0.15) is 11.6 Å². The van der Waals surface area contributed by atoms with E-state index in [2.05, 4.69) is 4.98 Å². The third-order valence-corrected chi connectivity index (χ3v) is 4.79. The zero-order valence-corrected chi connectivity index (χ0v) is 13.2. The monoisotopic (exact) mass is 370 g/mol. The SMILES string of the molecule is O=S(=O)(Nc1ccc2ccc(F)cc2n1)c1ccccc1C(F)(F)F. The van der Waals surface area contributed by atoms with Gasteiger partial charge in [-0.25, -0.2) is 17.8 Å². The van der Waals surface area contributed by atoms with Crippen molar-refractivity contribution in [2.75, 3.05) is 4.72 Å². The first-order chi connectivity index (χ1) is 11.7. The molecular weight excluding hydrogens is 360 g/mol. The first-order valence-electron chi connectivity index (χ1n) is 6.92. The minimum absolute atomic E-state index is 0.171. The lowest BCUT2D eigenvalue weighted by Crippen LogP contribution is -2.19. The number of halogens is 4. The van der Waals surface area contributed by atoms with Gasteiger partial charge in [0, 0.05) is 11.5 Å². The Hall–Kier alpha value is -2.68. The van der Waals surface area contributed by atoms with E-state index in [0.717, 1.165) is 18.2 Å². The van der Waals surface area contributed by atoms with Crippen molar-refractivity contribution in [1.29, 1.82) is 0 Å². The maximum absolute atomic E-state index is 13.3. The maximum Gasteiger partial charge on any atom is 0.417 e. The number of sulfonamides is 1. The van der Waals surface area contributed by atoms with E-state index in [1.54, 1.807) is 0 Å². The van der Waals surface area contributed by atoms with Crippen LogP contribution >= 0.6 is 0 Å². The molecule has 9 heteroatoms. The Morgan fingerprint density at radius 2 is 1.64 bits per heavy atom. The number of nitrogens with one attached hydrogen (secondary N) is 1. The fraction of sp³-hybridized carbons (Fsp3) is 0.0625. The largest absolute Gasteiger partial charge is 0.417 e. The summed E-state index contributed by atoms with van der Waals surface area (Å²) in [6.07, 6.45) is -4.83. The van der Waals surface area contributed by atoms with Crippen molar-refractivity contribution < 1.29 is 26.0 Å². The van der Waals surface area contributed by atoms with Gasteiger partial charge in [0.25, 0.3) is 10.0 Å². The normalized spacial score (nSPS) is 12.3. The van der Waals surface area contributed by atoms with Crippen LogP contribution in [0.3, 0.4) is 0 Å². The Morgan fingerprint density at radius 1 is 0.960 bits per heavy atom. The van der Waals surface area contributed by atoms with Gasteiger partial charge in [0.2, 0.25) is 0 Å². The van der Waals surface area contributed by atoms with Crippen molar-refractivity contribution in [1.82, 2.24) is 4.98 Å². The minimum Gasteiger partial charge on any atom is -0.263 e. The summed E-state index contributed by atoms with van der Waals surface area (Å²) in [6.45, 7) is 0. The molecule has 1 N–H and O–H groups in total. The first kappa shape index (κ1) is 17.2. The van der Waals surface area contributed by atoms with Crippen molar-refractivity contribution in [2.24, 2.45) is 0 Å². The van der Waals surface area contributed by atoms with Gasteiger partial charge >= 0.3 is 6.18 Å². The highest BCUT2D eigenvalue weighted by atomic mass is 32.2. The molecule has 3 rings (SSSR count). The lowest BCUT2D eigenvalue weighted by Gasteiger charge is -2.14. The Kier molecular flexibility index (Phi) is 4.11. The molecule has 130 valence electrons. The van der Waals surface area contributed by atoms with Crippen molar-refractivity contribution in [3.63, 3.8) is 0 Å². The number of hydrogen-bond donors (Lipinski definition) is 1. The zero-order chi connectivity index (χ0) is 18.2. The van der Waals surface area contributed by atoms with Gasteiger partial charge < -0.3 is 0 Å². The topological polar surface area (TPSA) is 59.1 Å². The van der Waals surface area contributed by atoms with Crippen molar-refractivity contribution in [3.05, 3.63) is 66.0 Å². The van der Waals surface area contributed by atoms with Crippen LogP contribution in [0.1, 0.15) is 5.56 Å². The molecule has 0 aliphatic heterocycles. The van der Waals surface area contributed by atoms with Gasteiger partial charge in [-0.1, -0.05) is 12.1 Å². The highest BCUT2D eigenvalue weighted by Gasteiger charge is 2.37. The number of aromatic nitrogens is 1. The molecule has 0 fully saturated rings. The van der Waals surface area contributed by atoms with Crippen LogP contribution in [0.2, 0.25) is 0 Å². The number of pyridine rings is 1. The molecule has 25 heavy (non-hydrogen) atoms. The number of fused-ring (bicyclic) bond motifs is 1. The second kappa shape index (κ2) is 5.99. The van der Waals surface area contributed by atoms with Crippen molar-refractivity contribution in [3.8, 4) is 0 Å². The van der Waals surface area contributed by atoms with Crippen molar-refractivity contribution in [2.45, 2.75) is 11.1 Å². The molecule has 0 aliphatic rings. The summed E-state index contributed by atoms with van der Waals surface area (Å²) in [5, 5.41) is 0.556. The van der Waals surface area contributed by atoms with Gasteiger partial charge in [-0.15, -0.1) is 0 Å². The predicted molar refractivity (Wildman–Crippen MR) is 84.0 cm³/mol. The molecule has 4 nitrogen and oxygen atoms in total. The average Bonchev–Trinajstić information content (AvgIpc) is 2.53. The summed E-state index contributed by atoms with van der Waals surface area (Å²) < 4.78 is 79.0. The molecule has 0 amide bonds. The number of hydrogen-bond acceptors (Lipinski definition) is 3. The maximum atomic E-state index is 13.3. The van der Waals surface area contributed by atoms with E-state index >= 15 is 0 Å². The van der Waals surface area contributed by atoms with Crippen LogP contribution in [-0.2, 0) is 16.2 Å². The molecule has 0 saturated carbocycles. The standard InChI is InChI=1S/C16H10F4N2O2S/c17-11-7-5-10-6-8-15(21-13(10)9-11)22-25(23,24)14-4-2-1-3-12(14)16(18,19)20/h1-9H,(H,21,22). The van der Waals surface area contributed by atoms with Crippen LogP contribution in [0.15, 0.2) is 59.5 Å². The van der Waals surface area contributed by atoms with E-state index in [4.69, 9.17) is 0 Å². The average molecular weight is 370 g/mol. The summed E-state index contributed by atoms with van der Waals surface area (Å²) in [4.78, 5) is 3.01. The first-order valence-corrected chi connectivity index (χ1v) is 8.40. The molecule has 0 spiro atoms. The van der Waals surface area contributed by atoms with Gasteiger partial charge in [0.15, 0.2) is 0 Å². The number of benzene rings is 2.